The Hall–Kier alpha value is -3.68. The molecule has 3 aromatic rings. The molecular weight excluding hydrogens is 399 g/mol. The van der Waals surface area contributed by atoms with Gasteiger partial charge in [0.1, 0.15) is 23.0 Å². The molecule has 0 fully saturated rings. The van der Waals surface area contributed by atoms with E-state index in [1.165, 1.54) is 19.1 Å². The molecule has 7 nitrogen and oxygen atoms in total. The average molecular weight is 422 g/mol. The molecule has 8 heteroatoms. The predicted molar refractivity (Wildman–Crippen MR) is 117 cm³/mol. The quantitative estimate of drug-likeness (QED) is 0.568. The van der Waals surface area contributed by atoms with Crippen LogP contribution in [0.5, 0.6) is 5.75 Å². The third kappa shape index (κ3) is 4.58. The normalized spacial score (nSPS) is 16.7. The van der Waals surface area contributed by atoms with Gasteiger partial charge < -0.3 is 20.7 Å². The molecule has 0 saturated heterocycles. The van der Waals surface area contributed by atoms with Gasteiger partial charge in [-0.2, -0.15) is 0 Å². The minimum atomic E-state index is -0.558. The summed E-state index contributed by atoms with van der Waals surface area (Å²) in [6, 6.07) is 10.8. The van der Waals surface area contributed by atoms with Crippen LogP contribution in [0.15, 0.2) is 48.7 Å². The lowest BCUT2D eigenvalue weighted by Crippen LogP contribution is -2.42. The van der Waals surface area contributed by atoms with Gasteiger partial charge in [-0.3, -0.25) is 4.79 Å². The van der Waals surface area contributed by atoms with E-state index in [1.807, 2.05) is 26.0 Å². The zero-order valence-electron chi connectivity index (χ0n) is 17.5. The summed E-state index contributed by atoms with van der Waals surface area (Å²) in [6.07, 6.45) is 2.17. The molecule has 0 bridgehead atoms. The van der Waals surface area contributed by atoms with Crippen molar-refractivity contribution in [3.63, 3.8) is 0 Å². The average Bonchev–Trinajstić information content (AvgIpc) is 2.66. The molecule has 0 spiro atoms. The first-order chi connectivity index (χ1) is 14.7. The van der Waals surface area contributed by atoms with Crippen molar-refractivity contribution in [3.8, 4) is 5.75 Å². The lowest BCUT2D eigenvalue weighted by Gasteiger charge is -2.37. The number of nitrogens with one attached hydrogen (secondary N) is 3. The highest BCUT2D eigenvalue weighted by atomic mass is 19.1. The van der Waals surface area contributed by atoms with Gasteiger partial charge in [-0.25, -0.2) is 14.2 Å². The fraction of sp³-hybridized carbons (Fsp3) is 0.261. The number of ether oxygens (including phenoxy) is 1. The molecule has 4 rings (SSSR count). The lowest BCUT2D eigenvalue weighted by molar-refractivity contribution is -0.114. The van der Waals surface area contributed by atoms with Crippen molar-refractivity contribution in [2.75, 3.05) is 10.6 Å². The van der Waals surface area contributed by atoms with Crippen LogP contribution in [0, 0.1) is 5.82 Å². The largest absolute Gasteiger partial charge is 0.487 e. The van der Waals surface area contributed by atoms with E-state index in [2.05, 4.69) is 20.9 Å². The van der Waals surface area contributed by atoms with E-state index in [1.54, 1.807) is 24.4 Å². The van der Waals surface area contributed by atoms with E-state index in [9.17, 15) is 14.0 Å². The van der Waals surface area contributed by atoms with Crippen molar-refractivity contribution in [2.24, 2.45) is 0 Å². The number of nitrogens with zero attached hydrogens (tertiary/aromatic N) is 1. The van der Waals surface area contributed by atoms with E-state index in [-0.39, 0.29) is 17.8 Å². The Balaban J connectivity index is 1.58. The molecule has 1 aliphatic rings. The third-order valence-electron chi connectivity index (χ3n) is 5.05. The van der Waals surface area contributed by atoms with Crippen LogP contribution in [0.2, 0.25) is 0 Å². The molecule has 0 unspecified atom stereocenters. The van der Waals surface area contributed by atoms with Gasteiger partial charge in [0.25, 0.3) is 0 Å². The number of carbonyl (C=O) groups is 2. The second-order valence-electron chi connectivity index (χ2n) is 8.18. The number of aromatic nitrogens is 1. The molecule has 0 aliphatic carbocycles. The summed E-state index contributed by atoms with van der Waals surface area (Å²) in [5.74, 6) is 0.209. The van der Waals surface area contributed by atoms with E-state index < -0.39 is 11.6 Å². The Bertz CT molecular complexity index is 1180. The van der Waals surface area contributed by atoms with Crippen LogP contribution in [0.3, 0.4) is 0 Å². The monoisotopic (exact) mass is 422 g/mol. The summed E-state index contributed by atoms with van der Waals surface area (Å²) in [4.78, 5) is 28.4. The van der Waals surface area contributed by atoms with E-state index >= 15 is 0 Å². The predicted octanol–water partition coefficient (Wildman–Crippen LogP) is 4.76. The number of hydrogen-bond acceptors (Lipinski definition) is 4. The van der Waals surface area contributed by atoms with Gasteiger partial charge in [-0.05, 0) is 32.0 Å². The lowest BCUT2D eigenvalue weighted by atomic mass is 9.90. The minimum Gasteiger partial charge on any atom is -0.487 e. The fourth-order valence-electron chi connectivity index (χ4n) is 3.80. The van der Waals surface area contributed by atoms with E-state index in [0.717, 1.165) is 16.3 Å². The smallest absolute Gasteiger partial charge is 0.319 e. The van der Waals surface area contributed by atoms with Gasteiger partial charge in [0.2, 0.25) is 5.91 Å². The third-order valence-corrected chi connectivity index (χ3v) is 5.05. The summed E-state index contributed by atoms with van der Waals surface area (Å²) in [5.41, 5.74) is 0.748. The number of hydrogen-bond donors (Lipinski definition) is 3. The van der Waals surface area contributed by atoms with Gasteiger partial charge in [0, 0.05) is 41.9 Å². The maximum Gasteiger partial charge on any atom is 0.319 e. The number of urea groups is 1. The summed E-state index contributed by atoms with van der Waals surface area (Å²) in [7, 11) is 0. The molecule has 1 atom stereocenters. The van der Waals surface area contributed by atoms with Crippen LogP contribution in [0.1, 0.15) is 38.8 Å². The van der Waals surface area contributed by atoms with Crippen molar-refractivity contribution < 1.29 is 18.7 Å². The molecule has 1 aromatic heterocycles. The van der Waals surface area contributed by atoms with Crippen molar-refractivity contribution in [2.45, 2.75) is 38.8 Å². The van der Waals surface area contributed by atoms with Gasteiger partial charge in [-0.1, -0.05) is 18.2 Å². The van der Waals surface area contributed by atoms with E-state index in [4.69, 9.17) is 4.74 Å². The highest BCUT2D eigenvalue weighted by Crippen LogP contribution is 2.39. The van der Waals surface area contributed by atoms with Crippen LogP contribution >= 0.6 is 0 Å². The van der Waals surface area contributed by atoms with Crippen LogP contribution in [0.25, 0.3) is 10.8 Å². The topological polar surface area (TPSA) is 92.4 Å². The molecule has 1 aliphatic heterocycles. The van der Waals surface area contributed by atoms with Crippen molar-refractivity contribution >= 4 is 34.2 Å². The van der Waals surface area contributed by atoms with Crippen molar-refractivity contribution in [1.82, 2.24) is 10.3 Å². The van der Waals surface area contributed by atoms with Gasteiger partial charge in [0.15, 0.2) is 0 Å². The molecule has 0 saturated carbocycles. The SMILES string of the molecule is CC(=O)Nc1cc2c(NC(=O)N[C@@H]3CC(C)(C)Oc4cc(F)ccc43)cccc2cn1. The van der Waals surface area contributed by atoms with Crippen LogP contribution in [-0.2, 0) is 4.79 Å². The molecular formula is C23H23FN4O3. The fourth-order valence-corrected chi connectivity index (χ4v) is 3.80. The molecule has 2 aromatic carbocycles. The van der Waals surface area contributed by atoms with Crippen molar-refractivity contribution in [3.05, 3.63) is 60.0 Å². The number of pyridine rings is 1. The molecule has 3 amide bonds. The number of amides is 3. The zero-order chi connectivity index (χ0) is 22.2. The summed E-state index contributed by atoms with van der Waals surface area (Å²) in [5, 5.41) is 10.1. The van der Waals surface area contributed by atoms with Crippen LogP contribution in [0.4, 0.5) is 20.7 Å². The highest BCUT2D eigenvalue weighted by molar-refractivity contribution is 6.03. The Kier molecular flexibility index (Phi) is 5.22. The summed E-state index contributed by atoms with van der Waals surface area (Å²) >= 11 is 0. The molecule has 2 heterocycles. The van der Waals surface area contributed by atoms with Gasteiger partial charge in [-0.15, -0.1) is 0 Å². The highest BCUT2D eigenvalue weighted by Gasteiger charge is 2.34. The van der Waals surface area contributed by atoms with Gasteiger partial charge in [0.05, 0.1) is 11.7 Å². The summed E-state index contributed by atoms with van der Waals surface area (Å²) < 4.78 is 19.6. The molecule has 160 valence electrons. The first-order valence-electron chi connectivity index (χ1n) is 9.92. The Morgan fingerprint density at radius 1 is 1.16 bits per heavy atom. The maximum atomic E-state index is 13.7. The van der Waals surface area contributed by atoms with E-state index in [0.29, 0.717) is 23.7 Å². The standard InChI is InChI=1S/C23H23FN4O3/c1-13(29)26-21-10-17-14(12-25-21)5-4-6-18(17)27-22(30)28-19-11-23(2,3)31-20-9-15(24)7-8-16(19)20/h4-10,12,19H,11H2,1-3H3,(H,25,26,29)(H2,27,28,30)/t19-/m1/s1. The number of benzene rings is 2. The Morgan fingerprint density at radius 2 is 1.97 bits per heavy atom. The minimum absolute atomic E-state index is 0.229. The number of fused-ring (bicyclic) bond motifs is 2. The number of anilines is 2. The molecule has 31 heavy (non-hydrogen) atoms. The second kappa shape index (κ2) is 7.86. The molecule has 0 radical (unpaired) electrons. The van der Waals surface area contributed by atoms with Crippen LogP contribution < -0.4 is 20.7 Å². The zero-order valence-corrected chi connectivity index (χ0v) is 17.5. The summed E-state index contributed by atoms with van der Waals surface area (Å²) in [6.45, 7) is 5.20. The van der Waals surface area contributed by atoms with Crippen molar-refractivity contribution in [1.29, 1.82) is 0 Å². The second-order valence-corrected chi connectivity index (χ2v) is 8.18. The Morgan fingerprint density at radius 3 is 2.74 bits per heavy atom. The van der Waals surface area contributed by atoms with Gasteiger partial charge >= 0.3 is 6.03 Å². The molecule has 3 N–H and O–H groups in total. The first-order valence-corrected chi connectivity index (χ1v) is 9.92. The Labute approximate surface area is 179 Å². The number of rotatable bonds is 3. The number of carbonyl (C=O) groups excluding carboxylic acids is 2. The van der Waals surface area contributed by atoms with Crippen LogP contribution in [-0.4, -0.2) is 22.5 Å². The maximum absolute atomic E-state index is 13.7. The first kappa shape index (κ1) is 20.6. The number of halogens is 1.